The summed E-state index contributed by atoms with van der Waals surface area (Å²) in [5.41, 5.74) is 5.01. The zero-order chi connectivity index (χ0) is 28.2. The molecule has 0 bridgehead atoms. The summed E-state index contributed by atoms with van der Waals surface area (Å²) in [6.45, 7) is 10.7. The maximum absolute atomic E-state index is 11.1. The van der Waals surface area contributed by atoms with E-state index in [4.69, 9.17) is 9.47 Å². The van der Waals surface area contributed by atoms with E-state index in [0.29, 0.717) is 12.8 Å². The van der Waals surface area contributed by atoms with Crippen molar-refractivity contribution in [2.45, 2.75) is 90.3 Å². The Hall–Kier alpha value is -2.82. The van der Waals surface area contributed by atoms with Crippen LogP contribution in [-0.2, 0) is 31.9 Å². The summed E-state index contributed by atoms with van der Waals surface area (Å²) >= 11 is 0. The number of ketones is 2. The van der Waals surface area contributed by atoms with Crippen molar-refractivity contribution in [2.24, 2.45) is 0 Å². The highest BCUT2D eigenvalue weighted by atomic mass is 16.5. The molecule has 0 saturated carbocycles. The molecule has 0 amide bonds. The maximum Gasteiger partial charge on any atom is 0.132 e. The molecule has 0 aliphatic heterocycles. The lowest BCUT2D eigenvalue weighted by Gasteiger charge is -2.13. The van der Waals surface area contributed by atoms with Gasteiger partial charge in [-0.2, -0.15) is 0 Å². The zero-order valence-corrected chi connectivity index (χ0v) is 24.0. The molecule has 0 heterocycles. The number of carbonyl (C=O) groups excluding carboxylic acids is 2. The van der Waals surface area contributed by atoms with Crippen LogP contribution in [0.3, 0.4) is 0 Å². The Morgan fingerprint density at radius 3 is 1.42 bits per heavy atom. The van der Waals surface area contributed by atoms with E-state index >= 15 is 0 Å². The first-order valence-corrected chi connectivity index (χ1v) is 13.8. The molecule has 0 N–H and O–H groups in total. The third-order valence-corrected chi connectivity index (χ3v) is 6.61. The van der Waals surface area contributed by atoms with Crippen molar-refractivity contribution in [1.29, 1.82) is 0 Å². The first-order valence-electron chi connectivity index (χ1n) is 13.8. The standard InChI is InChI=1S/C18H26O2.C16H22O2/c1-4-16-10-12-17(13-11-16)8-6-5-7-9-18(20-3)14-15(2)19;1-4-14-8-10-15(11-9-14)6-5-7-16(18-3)12-13(2)17/h4,10-13,18H,1,5-9,14H2,2-3H3;4,8-11,16H,1,5-7,12H2,2-3H3. The summed E-state index contributed by atoms with van der Waals surface area (Å²) in [5, 5.41) is 0. The number of methoxy groups -OCH3 is 2. The van der Waals surface area contributed by atoms with Crippen LogP contribution in [0.2, 0.25) is 0 Å². The van der Waals surface area contributed by atoms with E-state index in [9.17, 15) is 9.59 Å². The minimum Gasteiger partial charge on any atom is -0.381 e. The number of carbonyl (C=O) groups is 2. The lowest BCUT2D eigenvalue weighted by atomic mass is 10.0. The first kappa shape index (κ1) is 33.2. The molecular formula is C34H48O4. The summed E-state index contributed by atoms with van der Waals surface area (Å²) in [6.07, 6.45) is 13.5. The van der Waals surface area contributed by atoms with Gasteiger partial charge in [0.2, 0.25) is 0 Å². The summed E-state index contributed by atoms with van der Waals surface area (Å²) in [4.78, 5) is 22.1. The second kappa shape index (κ2) is 20.2. The van der Waals surface area contributed by atoms with Gasteiger partial charge in [0.25, 0.3) is 0 Å². The smallest absolute Gasteiger partial charge is 0.132 e. The molecule has 0 aliphatic carbocycles. The van der Waals surface area contributed by atoms with Gasteiger partial charge >= 0.3 is 0 Å². The van der Waals surface area contributed by atoms with E-state index in [1.54, 1.807) is 28.1 Å². The third kappa shape index (κ3) is 15.4. The number of hydrogen-bond acceptors (Lipinski definition) is 4. The highest BCUT2D eigenvalue weighted by Crippen LogP contribution is 2.14. The maximum atomic E-state index is 11.1. The summed E-state index contributed by atoms with van der Waals surface area (Å²) in [7, 11) is 3.36. The average molecular weight is 521 g/mol. The Kier molecular flexibility index (Phi) is 17.6. The molecule has 2 aromatic carbocycles. The number of Topliss-reactive ketones (excluding diaryl/α,β-unsaturated/α-hetero) is 2. The van der Waals surface area contributed by atoms with Crippen LogP contribution < -0.4 is 0 Å². The molecule has 0 radical (unpaired) electrons. The minimum atomic E-state index is 0.0648. The highest BCUT2D eigenvalue weighted by molar-refractivity contribution is 5.76. The normalized spacial score (nSPS) is 12.1. The molecular weight excluding hydrogens is 472 g/mol. The fourth-order valence-corrected chi connectivity index (χ4v) is 4.30. The van der Waals surface area contributed by atoms with E-state index in [2.05, 4.69) is 61.7 Å². The van der Waals surface area contributed by atoms with Gasteiger partial charge in [-0.3, -0.25) is 9.59 Å². The number of benzene rings is 2. The van der Waals surface area contributed by atoms with Crippen molar-refractivity contribution in [3.05, 3.63) is 83.9 Å². The average Bonchev–Trinajstić information content (AvgIpc) is 2.92. The van der Waals surface area contributed by atoms with Gasteiger partial charge in [-0.05, 0) is 74.6 Å². The Bertz CT molecular complexity index is 943. The van der Waals surface area contributed by atoms with Gasteiger partial charge in [0.05, 0.1) is 12.2 Å². The lowest BCUT2D eigenvalue weighted by Crippen LogP contribution is -2.14. The largest absolute Gasteiger partial charge is 0.381 e. The van der Waals surface area contributed by atoms with Crippen LogP contribution in [0.5, 0.6) is 0 Å². The number of unbranched alkanes of at least 4 members (excludes halogenated alkanes) is 2. The van der Waals surface area contributed by atoms with Crippen molar-refractivity contribution in [1.82, 2.24) is 0 Å². The molecule has 4 nitrogen and oxygen atoms in total. The van der Waals surface area contributed by atoms with E-state index < -0.39 is 0 Å². The second-order valence-corrected chi connectivity index (χ2v) is 9.91. The molecule has 208 valence electrons. The third-order valence-electron chi connectivity index (χ3n) is 6.61. The van der Waals surface area contributed by atoms with Gasteiger partial charge in [0, 0.05) is 27.1 Å². The Morgan fingerprint density at radius 1 is 0.658 bits per heavy atom. The fourth-order valence-electron chi connectivity index (χ4n) is 4.30. The Labute approximate surface area is 231 Å². The van der Waals surface area contributed by atoms with Crippen molar-refractivity contribution >= 4 is 23.7 Å². The minimum absolute atomic E-state index is 0.0648. The van der Waals surface area contributed by atoms with Gasteiger partial charge in [0.1, 0.15) is 11.6 Å². The van der Waals surface area contributed by atoms with Crippen molar-refractivity contribution in [3.8, 4) is 0 Å². The second-order valence-electron chi connectivity index (χ2n) is 9.91. The number of rotatable bonds is 18. The zero-order valence-electron chi connectivity index (χ0n) is 24.0. The van der Waals surface area contributed by atoms with Crippen molar-refractivity contribution in [2.75, 3.05) is 14.2 Å². The van der Waals surface area contributed by atoms with Crippen LogP contribution >= 0.6 is 0 Å². The fraction of sp³-hybridized carbons (Fsp3) is 0.471. The van der Waals surface area contributed by atoms with Crippen molar-refractivity contribution < 1.29 is 19.1 Å². The van der Waals surface area contributed by atoms with Crippen molar-refractivity contribution in [3.63, 3.8) is 0 Å². The molecule has 4 heteroatoms. The topological polar surface area (TPSA) is 52.6 Å². The van der Waals surface area contributed by atoms with Crippen LogP contribution in [-0.4, -0.2) is 38.0 Å². The van der Waals surface area contributed by atoms with Crippen LogP contribution in [0.1, 0.15) is 87.5 Å². The van der Waals surface area contributed by atoms with Gasteiger partial charge in [-0.25, -0.2) is 0 Å². The lowest BCUT2D eigenvalue weighted by molar-refractivity contribution is -0.120. The van der Waals surface area contributed by atoms with Crippen LogP contribution in [0.25, 0.3) is 12.2 Å². The van der Waals surface area contributed by atoms with Crippen LogP contribution in [0, 0.1) is 0 Å². The Balaban J connectivity index is 0.000000382. The van der Waals surface area contributed by atoms with E-state index in [-0.39, 0.29) is 23.8 Å². The number of ether oxygens (including phenoxy) is 2. The number of hydrogen-bond donors (Lipinski definition) is 0. The molecule has 2 rings (SSSR count). The highest BCUT2D eigenvalue weighted by Gasteiger charge is 2.10. The summed E-state index contributed by atoms with van der Waals surface area (Å²) in [6, 6.07) is 17.0. The molecule has 2 aromatic rings. The van der Waals surface area contributed by atoms with E-state index in [1.807, 2.05) is 12.2 Å². The predicted molar refractivity (Wildman–Crippen MR) is 160 cm³/mol. The Morgan fingerprint density at radius 2 is 1.05 bits per heavy atom. The summed E-state index contributed by atoms with van der Waals surface area (Å²) in [5.74, 6) is 0.399. The van der Waals surface area contributed by atoms with Gasteiger partial charge < -0.3 is 9.47 Å². The molecule has 38 heavy (non-hydrogen) atoms. The molecule has 0 fully saturated rings. The quantitative estimate of drug-likeness (QED) is 0.186. The van der Waals surface area contributed by atoms with Gasteiger partial charge in [-0.15, -0.1) is 0 Å². The molecule has 0 spiro atoms. The van der Waals surface area contributed by atoms with Crippen LogP contribution in [0.15, 0.2) is 61.7 Å². The van der Waals surface area contributed by atoms with Gasteiger partial charge in [0.15, 0.2) is 0 Å². The SMILES string of the molecule is C=Cc1ccc(CCCC(CC(C)=O)OC)cc1.C=Cc1ccc(CCCCCC(CC(C)=O)OC)cc1. The molecule has 2 unspecified atom stereocenters. The molecule has 2 atom stereocenters. The molecule has 0 aliphatic rings. The van der Waals surface area contributed by atoms with Gasteiger partial charge in [-0.1, -0.05) is 86.7 Å². The first-order chi connectivity index (χ1) is 18.3. The molecule has 0 aromatic heterocycles. The van der Waals surface area contributed by atoms with Crippen LogP contribution in [0.4, 0.5) is 0 Å². The monoisotopic (exact) mass is 520 g/mol. The molecule has 0 saturated heterocycles. The van der Waals surface area contributed by atoms with E-state index in [1.165, 1.54) is 29.5 Å². The number of aryl methyl sites for hydroxylation is 2. The van der Waals surface area contributed by atoms with E-state index in [0.717, 1.165) is 44.1 Å². The summed E-state index contributed by atoms with van der Waals surface area (Å²) < 4.78 is 10.6. The predicted octanol–water partition coefficient (Wildman–Crippen LogP) is 8.07.